The number of hydrogen-bond donors (Lipinski definition) is 1. The quantitative estimate of drug-likeness (QED) is 0.743. The summed E-state index contributed by atoms with van der Waals surface area (Å²) in [5.41, 5.74) is 0. The minimum absolute atomic E-state index is 0.731. The largest absolute Gasteiger partial charge is 0.311 e. The van der Waals surface area contributed by atoms with Crippen LogP contribution in [0.15, 0.2) is 0 Å². The van der Waals surface area contributed by atoms with Crippen LogP contribution in [-0.4, -0.2) is 36.1 Å². The van der Waals surface area contributed by atoms with E-state index in [1.165, 1.54) is 45.2 Å². The maximum atomic E-state index is 3.77. The first-order valence-electron chi connectivity index (χ1n) is 6.26. The van der Waals surface area contributed by atoms with Crippen LogP contribution in [0, 0.1) is 0 Å². The van der Waals surface area contributed by atoms with Gasteiger partial charge < -0.3 is 10.2 Å². The van der Waals surface area contributed by atoms with Gasteiger partial charge in [0.1, 0.15) is 0 Å². The molecular formula is C12H24N2. The minimum Gasteiger partial charge on any atom is -0.311 e. The van der Waals surface area contributed by atoms with E-state index in [0.29, 0.717) is 0 Å². The van der Waals surface area contributed by atoms with E-state index in [1.807, 2.05) is 0 Å². The third-order valence-corrected chi connectivity index (χ3v) is 3.54. The first-order valence-corrected chi connectivity index (χ1v) is 6.26. The van der Waals surface area contributed by atoms with Crippen molar-refractivity contribution in [2.75, 3.05) is 13.1 Å². The number of hydrogen-bond acceptors (Lipinski definition) is 2. The fourth-order valence-electron chi connectivity index (χ4n) is 2.38. The van der Waals surface area contributed by atoms with Gasteiger partial charge in [-0.3, -0.25) is 0 Å². The van der Waals surface area contributed by atoms with Crippen LogP contribution in [-0.2, 0) is 0 Å². The van der Waals surface area contributed by atoms with Crippen LogP contribution in [0.5, 0.6) is 0 Å². The van der Waals surface area contributed by atoms with Crippen molar-refractivity contribution in [3.05, 3.63) is 0 Å². The van der Waals surface area contributed by atoms with Crippen molar-refractivity contribution >= 4 is 0 Å². The molecule has 1 atom stereocenters. The fraction of sp³-hybridized carbons (Fsp3) is 1.00. The minimum atomic E-state index is 0.731. The summed E-state index contributed by atoms with van der Waals surface area (Å²) in [7, 11) is 0. The zero-order valence-corrected chi connectivity index (χ0v) is 9.63. The average Bonchev–Trinajstić information content (AvgIpc) is 2.92. The van der Waals surface area contributed by atoms with Gasteiger partial charge in [0.25, 0.3) is 0 Å². The van der Waals surface area contributed by atoms with E-state index in [-0.39, 0.29) is 0 Å². The van der Waals surface area contributed by atoms with Crippen LogP contribution in [0.2, 0.25) is 0 Å². The SMILES string of the molecule is CC(C)N1CCCC(NC2CC2)CC1. The molecule has 14 heavy (non-hydrogen) atoms. The van der Waals surface area contributed by atoms with Gasteiger partial charge in [0, 0.05) is 18.1 Å². The lowest BCUT2D eigenvalue weighted by Crippen LogP contribution is -2.34. The summed E-state index contributed by atoms with van der Waals surface area (Å²) in [4.78, 5) is 2.62. The van der Waals surface area contributed by atoms with Gasteiger partial charge in [-0.2, -0.15) is 0 Å². The van der Waals surface area contributed by atoms with E-state index in [0.717, 1.165) is 18.1 Å². The molecule has 1 N–H and O–H groups in total. The molecule has 0 radical (unpaired) electrons. The zero-order chi connectivity index (χ0) is 9.97. The van der Waals surface area contributed by atoms with Gasteiger partial charge in [0.05, 0.1) is 0 Å². The first kappa shape index (κ1) is 10.4. The highest BCUT2D eigenvalue weighted by Crippen LogP contribution is 2.22. The lowest BCUT2D eigenvalue weighted by molar-refractivity contribution is 0.229. The Kier molecular flexibility index (Phi) is 3.45. The maximum absolute atomic E-state index is 3.77. The molecule has 82 valence electrons. The van der Waals surface area contributed by atoms with Crippen LogP contribution < -0.4 is 5.32 Å². The Hall–Kier alpha value is -0.0800. The van der Waals surface area contributed by atoms with Crippen LogP contribution in [0.3, 0.4) is 0 Å². The summed E-state index contributed by atoms with van der Waals surface area (Å²) >= 11 is 0. The molecule has 2 rings (SSSR count). The van der Waals surface area contributed by atoms with Crippen molar-refractivity contribution in [1.82, 2.24) is 10.2 Å². The molecule has 0 aromatic rings. The van der Waals surface area contributed by atoms with Crippen molar-refractivity contribution in [1.29, 1.82) is 0 Å². The number of nitrogens with zero attached hydrogens (tertiary/aromatic N) is 1. The van der Waals surface area contributed by atoms with Gasteiger partial charge in [-0.25, -0.2) is 0 Å². The number of nitrogens with one attached hydrogen (secondary N) is 1. The van der Waals surface area contributed by atoms with Crippen LogP contribution in [0.4, 0.5) is 0 Å². The monoisotopic (exact) mass is 196 g/mol. The van der Waals surface area contributed by atoms with Gasteiger partial charge in [-0.05, 0) is 59.0 Å². The summed E-state index contributed by atoms with van der Waals surface area (Å²) in [6.07, 6.45) is 6.96. The maximum Gasteiger partial charge on any atom is 0.00823 e. The molecule has 2 aliphatic rings. The second kappa shape index (κ2) is 4.63. The molecule has 1 aliphatic carbocycles. The van der Waals surface area contributed by atoms with Gasteiger partial charge in [0.15, 0.2) is 0 Å². The van der Waals surface area contributed by atoms with Crippen molar-refractivity contribution in [3.8, 4) is 0 Å². The Balaban J connectivity index is 1.75. The summed E-state index contributed by atoms with van der Waals surface area (Å²) in [6.45, 7) is 7.23. The highest BCUT2D eigenvalue weighted by atomic mass is 15.2. The average molecular weight is 196 g/mol. The Morgan fingerprint density at radius 3 is 2.36 bits per heavy atom. The predicted molar refractivity (Wildman–Crippen MR) is 60.5 cm³/mol. The van der Waals surface area contributed by atoms with E-state index >= 15 is 0 Å². The molecule has 0 aromatic heterocycles. The highest BCUT2D eigenvalue weighted by molar-refractivity contribution is 4.86. The molecule has 2 fully saturated rings. The lowest BCUT2D eigenvalue weighted by atomic mass is 10.1. The summed E-state index contributed by atoms with van der Waals surface area (Å²) in [5, 5.41) is 3.77. The molecule has 2 heteroatoms. The highest BCUT2D eigenvalue weighted by Gasteiger charge is 2.26. The Labute approximate surface area is 88.1 Å². The molecule has 0 amide bonds. The molecule has 0 aromatic carbocycles. The molecule has 1 saturated carbocycles. The van der Waals surface area contributed by atoms with Crippen molar-refractivity contribution < 1.29 is 0 Å². The number of rotatable bonds is 3. The first-order chi connectivity index (χ1) is 6.75. The van der Waals surface area contributed by atoms with E-state index in [1.54, 1.807) is 0 Å². The van der Waals surface area contributed by atoms with Crippen molar-refractivity contribution in [3.63, 3.8) is 0 Å². The fourth-order valence-corrected chi connectivity index (χ4v) is 2.38. The Morgan fingerprint density at radius 2 is 1.71 bits per heavy atom. The van der Waals surface area contributed by atoms with Crippen LogP contribution in [0.25, 0.3) is 0 Å². The van der Waals surface area contributed by atoms with Crippen molar-refractivity contribution in [2.24, 2.45) is 0 Å². The van der Waals surface area contributed by atoms with Gasteiger partial charge in [-0.1, -0.05) is 0 Å². The van der Waals surface area contributed by atoms with Crippen LogP contribution >= 0.6 is 0 Å². The van der Waals surface area contributed by atoms with E-state index in [9.17, 15) is 0 Å². The molecule has 1 unspecified atom stereocenters. The molecule has 1 saturated heterocycles. The molecule has 1 heterocycles. The normalized spacial score (nSPS) is 30.6. The van der Waals surface area contributed by atoms with Gasteiger partial charge in [0.2, 0.25) is 0 Å². The van der Waals surface area contributed by atoms with Gasteiger partial charge >= 0.3 is 0 Å². The third-order valence-electron chi connectivity index (χ3n) is 3.54. The Bertz CT molecular complexity index is 175. The van der Waals surface area contributed by atoms with E-state index in [2.05, 4.69) is 24.1 Å². The standard InChI is InChI=1S/C12H24N2/c1-10(2)14-8-3-4-11(7-9-14)13-12-5-6-12/h10-13H,3-9H2,1-2H3. The summed E-state index contributed by atoms with van der Waals surface area (Å²) in [6, 6.07) is 2.42. The van der Waals surface area contributed by atoms with Crippen molar-refractivity contribution in [2.45, 2.75) is 64.1 Å². The Morgan fingerprint density at radius 1 is 1.00 bits per heavy atom. The van der Waals surface area contributed by atoms with E-state index < -0.39 is 0 Å². The molecule has 0 spiro atoms. The predicted octanol–water partition coefficient (Wildman–Crippen LogP) is 2.00. The van der Waals surface area contributed by atoms with Gasteiger partial charge in [-0.15, -0.1) is 0 Å². The van der Waals surface area contributed by atoms with Crippen LogP contribution in [0.1, 0.15) is 46.0 Å². The molecular weight excluding hydrogens is 172 g/mol. The molecule has 0 bridgehead atoms. The summed E-state index contributed by atoms with van der Waals surface area (Å²) < 4.78 is 0. The van der Waals surface area contributed by atoms with E-state index in [4.69, 9.17) is 0 Å². The second-order valence-corrected chi connectivity index (χ2v) is 5.20. The molecule has 2 nitrogen and oxygen atoms in total. The topological polar surface area (TPSA) is 15.3 Å². The zero-order valence-electron chi connectivity index (χ0n) is 9.63. The second-order valence-electron chi connectivity index (χ2n) is 5.20. The third kappa shape index (κ3) is 2.96. The number of likely N-dealkylation sites (tertiary alicyclic amines) is 1. The lowest BCUT2D eigenvalue weighted by Gasteiger charge is -2.24. The summed E-state index contributed by atoms with van der Waals surface area (Å²) in [5.74, 6) is 0. The smallest absolute Gasteiger partial charge is 0.00823 e. The molecule has 1 aliphatic heterocycles.